The normalized spacial score (nSPS) is 11.0. The van der Waals surface area contributed by atoms with Crippen molar-refractivity contribution in [3.63, 3.8) is 0 Å². The number of benzene rings is 1. The van der Waals surface area contributed by atoms with Gasteiger partial charge in [0.2, 0.25) is 0 Å². The third-order valence-corrected chi connectivity index (χ3v) is 3.29. The van der Waals surface area contributed by atoms with Crippen molar-refractivity contribution in [2.24, 2.45) is 5.73 Å². The molecule has 2 N–H and O–H groups in total. The molecule has 0 amide bonds. The van der Waals surface area contributed by atoms with Crippen molar-refractivity contribution in [3.8, 4) is 17.0 Å². The summed E-state index contributed by atoms with van der Waals surface area (Å²) < 4.78 is 12.4. The fourth-order valence-corrected chi connectivity index (χ4v) is 2.22. The number of hydrogen-bond donors (Lipinski definition) is 1. The Labute approximate surface area is 128 Å². The predicted molar refractivity (Wildman–Crippen MR) is 83.7 cm³/mol. The molecule has 114 valence electrons. The smallest absolute Gasteiger partial charge is 0.154 e. The van der Waals surface area contributed by atoms with E-state index in [1.165, 1.54) is 0 Å². The van der Waals surface area contributed by atoms with Gasteiger partial charge in [-0.1, -0.05) is 0 Å². The van der Waals surface area contributed by atoms with Gasteiger partial charge in [-0.2, -0.15) is 5.10 Å². The molecule has 0 aliphatic rings. The number of aromatic nitrogens is 3. The Morgan fingerprint density at radius 3 is 2.91 bits per heavy atom. The Balaban J connectivity index is 1.95. The summed E-state index contributed by atoms with van der Waals surface area (Å²) in [6.45, 7) is 1.48. The maximum atomic E-state index is 5.78. The lowest BCUT2D eigenvalue weighted by atomic mass is 10.1. The molecule has 0 spiro atoms. The molecule has 0 bridgehead atoms. The van der Waals surface area contributed by atoms with Crippen LogP contribution in [-0.4, -0.2) is 34.9 Å². The second-order valence-electron chi connectivity index (χ2n) is 4.86. The van der Waals surface area contributed by atoms with Gasteiger partial charge in [0.1, 0.15) is 12.4 Å². The Morgan fingerprint density at radius 2 is 2.14 bits per heavy atom. The average Bonchev–Trinajstić information content (AvgIpc) is 2.99. The van der Waals surface area contributed by atoms with Crippen LogP contribution in [0.4, 0.5) is 0 Å². The molecule has 0 unspecified atom stereocenters. The molecule has 0 saturated carbocycles. The number of fused-ring (bicyclic) bond motifs is 1. The third kappa shape index (κ3) is 3.08. The minimum atomic E-state index is 0.445. The highest BCUT2D eigenvalue weighted by atomic mass is 16.5. The summed E-state index contributed by atoms with van der Waals surface area (Å²) in [7, 11) is 1.65. The first-order valence-electron chi connectivity index (χ1n) is 7.06. The minimum Gasteiger partial charge on any atom is -0.491 e. The lowest BCUT2D eigenvalue weighted by Gasteiger charge is -2.09. The van der Waals surface area contributed by atoms with Gasteiger partial charge in [0.15, 0.2) is 5.65 Å². The number of hydrogen-bond acceptors (Lipinski definition) is 5. The second-order valence-corrected chi connectivity index (χ2v) is 4.86. The maximum Gasteiger partial charge on any atom is 0.154 e. The van der Waals surface area contributed by atoms with Gasteiger partial charge in [0.25, 0.3) is 0 Å². The van der Waals surface area contributed by atoms with E-state index in [9.17, 15) is 0 Å². The molecule has 0 radical (unpaired) electrons. The van der Waals surface area contributed by atoms with Gasteiger partial charge in [0.05, 0.1) is 18.5 Å². The number of rotatable bonds is 6. The quantitative estimate of drug-likeness (QED) is 0.703. The molecule has 1 aromatic carbocycles. The summed E-state index contributed by atoms with van der Waals surface area (Å²) in [6.07, 6.45) is 3.62. The Hall–Kier alpha value is -2.44. The predicted octanol–water partition coefficient (Wildman–Crippen LogP) is 1.88. The molecule has 0 aliphatic carbocycles. The third-order valence-electron chi connectivity index (χ3n) is 3.29. The average molecular weight is 298 g/mol. The molecule has 3 rings (SSSR count). The summed E-state index contributed by atoms with van der Waals surface area (Å²) in [5.41, 5.74) is 9.37. The van der Waals surface area contributed by atoms with E-state index in [-0.39, 0.29) is 0 Å². The van der Waals surface area contributed by atoms with Crippen molar-refractivity contribution in [2.45, 2.75) is 6.54 Å². The summed E-state index contributed by atoms with van der Waals surface area (Å²) in [4.78, 5) is 4.58. The molecule has 22 heavy (non-hydrogen) atoms. The van der Waals surface area contributed by atoms with Crippen molar-refractivity contribution in [2.75, 3.05) is 20.3 Å². The fraction of sp³-hybridized carbons (Fsp3) is 0.250. The van der Waals surface area contributed by atoms with Crippen molar-refractivity contribution in [1.29, 1.82) is 0 Å². The summed E-state index contributed by atoms with van der Waals surface area (Å²) >= 11 is 0. The Kier molecular flexibility index (Phi) is 4.32. The standard InChI is InChI=1S/C16H18N4O2/c1-21-5-6-22-14-8-12(10-17)7-13(9-14)15-11-20-16(19-15)3-2-4-18-20/h2-4,7-9,11H,5-6,10,17H2,1H3. The SMILES string of the molecule is COCCOc1cc(CN)cc(-c2cn3ncccc3n2)c1. The highest BCUT2D eigenvalue weighted by Crippen LogP contribution is 2.25. The van der Waals surface area contributed by atoms with Gasteiger partial charge in [-0.3, -0.25) is 0 Å². The van der Waals surface area contributed by atoms with Crippen molar-refractivity contribution in [1.82, 2.24) is 14.6 Å². The highest BCUT2D eigenvalue weighted by molar-refractivity contribution is 5.65. The van der Waals surface area contributed by atoms with E-state index in [1.807, 2.05) is 36.5 Å². The van der Waals surface area contributed by atoms with Crippen LogP contribution in [0.1, 0.15) is 5.56 Å². The zero-order chi connectivity index (χ0) is 15.4. The van der Waals surface area contributed by atoms with E-state index in [2.05, 4.69) is 10.1 Å². The first-order chi connectivity index (χ1) is 10.8. The molecule has 6 nitrogen and oxygen atoms in total. The van der Waals surface area contributed by atoms with Gasteiger partial charge in [-0.25, -0.2) is 9.50 Å². The van der Waals surface area contributed by atoms with Crippen molar-refractivity contribution in [3.05, 3.63) is 48.3 Å². The molecular formula is C16H18N4O2. The first-order valence-corrected chi connectivity index (χ1v) is 7.06. The second kappa shape index (κ2) is 6.55. The molecule has 0 fully saturated rings. The van der Waals surface area contributed by atoms with Crippen LogP contribution in [0.5, 0.6) is 5.75 Å². The van der Waals surface area contributed by atoms with E-state index < -0.39 is 0 Å². The number of ether oxygens (including phenoxy) is 2. The molecule has 0 saturated heterocycles. The maximum absolute atomic E-state index is 5.78. The van der Waals surface area contributed by atoms with E-state index in [0.717, 1.165) is 28.2 Å². The van der Waals surface area contributed by atoms with Gasteiger partial charge in [0, 0.05) is 25.4 Å². The van der Waals surface area contributed by atoms with Gasteiger partial charge < -0.3 is 15.2 Å². The van der Waals surface area contributed by atoms with Crippen LogP contribution >= 0.6 is 0 Å². The van der Waals surface area contributed by atoms with Crippen LogP contribution in [0.15, 0.2) is 42.7 Å². The number of nitrogens with two attached hydrogens (primary N) is 1. The Bertz CT molecular complexity index is 737. The zero-order valence-electron chi connectivity index (χ0n) is 12.4. The van der Waals surface area contributed by atoms with E-state index in [1.54, 1.807) is 17.8 Å². The van der Waals surface area contributed by atoms with E-state index in [4.69, 9.17) is 15.2 Å². The number of nitrogens with zero attached hydrogens (tertiary/aromatic N) is 3. The Morgan fingerprint density at radius 1 is 1.23 bits per heavy atom. The van der Waals surface area contributed by atoms with Crippen molar-refractivity contribution >= 4 is 5.65 Å². The van der Waals surface area contributed by atoms with Gasteiger partial charge >= 0.3 is 0 Å². The van der Waals surface area contributed by atoms with E-state index >= 15 is 0 Å². The number of methoxy groups -OCH3 is 1. The van der Waals surface area contributed by atoms with E-state index in [0.29, 0.717) is 19.8 Å². The molecule has 0 aliphatic heterocycles. The van der Waals surface area contributed by atoms with Gasteiger partial charge in [-0.05, 0) is 35.9 Å². The van der Waals surface area contributed by atoms with Crippen LogP contribution in [-0.2, 0) is 11.3 Å². The summed E-state index contributed by atoms with van der Waals surface area (Å²) in [5.74, 6) is 0.764. The first kappa shape index (κ1) is 14.5. The number of imidazole rings is 1. The minimum absolute atomic E-state index is 0.445. The van der Waals surface area contributed by atoms with Crippen LogP contribution in [0.25, 0.3) is 16.9 Å². The van der Waals surface area contributed by atoms with Crippen LogP contribution in [0.2, 0.25) is 0 Å². The summed E-state index contributed by atoms with van der Waals surface area (Å²) in [6, 6.07) is 9.69. The lowest BCUT2D eigenvalue weighted by Crippen LogP contribution is -2.05. The molecule has 0 atom stereocenters. The molecule has 2 heterocycles. The van der Waals surface area contributed by atoms with Crippen molar-refractivity contribution < 1.29 is 9.47 Å². The van der Waals surface area contributed by atoms with Gasteiger partial charge in [-0.15, -0.1) is 0 Å². The largest absolute Gasteiger partial charge is 0.491 e. The molecule has 3 aromatic rings. The topological polar surface area (TPSA) is 74.7 Å². The van der Waals surface area contributed by atoms with Crippen LogP contribution in [0.3, 0.4) is 0 Å². The molecule has 6 heteroatoms. The molecular weight excluding hydrogens is 280 g/mol. The van der Waals surface area contributed by atoms with Crippen LogP contribution in [0, 0.1) is 0 Å². The fourth-order valence-electron chi connectivity index (χ4n) is 2.22. The molecule has 2 aromatic heterocycles. The summed E-state index contributed by atoms with van der Waals surface area (Å²) in [5, 5.41) is 4.23. The highest BCUT2D eigenvalue weighted by Gasteiger charge is 2.08. The van der Waals surface area contributed by atoms with Crippen LogP contribution < -0.4 is 10.5 Å². The zero-order valence-corrected chi connectivity index (χ0v) is 12.4. The monoisotopic (exact) mass is 298 g/mol. The lowest BCUT2D eigenvalue weighted by molar-refractivity contribution is 0.146.